The van der Waals surface area contributed by atoms with Crippen LogP contribution in [0, 0.1) is 5.92 Å². The number of aromatic nitrogens is 1. The van der Waals surface area contributed by atoms with Crippen LogP contribution in [0.3, 0.4) is 0 Å². The molecule has 0 spiro atoms. The van der Waals surface area contributed by atoms with E-state index in [1.807, 2.05) is 12.1 Å². The summed E-state index contributed by atoms with van der Waals surface area (Å²) >= 11 is 5.80. The molecule has 1 aromatic rings. The molecule has 1 aromatic heterocycles. The third kappa shape index (κ3) is 7.22. The van der Waals surface area contributed by atoms with Crippen LogP contribution in [0.5, 0.6) is 0 Å². The molecule has 0 aliphatic carbocycles. The van der Waals surface area contributed by atoms with Gasteiger partial charge < -0.3 is 5.32 Å². The van der Waals surface area contributed by atoms with Gasteiger partial charge in [0.25, 0.3) is 0 Å². The molecule has 17 heavy (non-hydrogen) atoms. The lowest BCUT2D eigenvalue weighted by Gasteiger charge is -2.06. The van der Waals surface area contributed by atoms with Crippen LogP contribution in [0.4, 0.5) is 5.82 Å². The fourth-order valence-electron chi connectivity index (χ4n) is 1.75. The molecule has 96 valence electrons. The minimum absolute atomic E-state index is 0.548. The van der Waals surface area contributed by atoms with Crippen molar-refractivity contribution in [3.05, 3.63) is 23.4 Å². The lowest BCUT2D eigenvalue weighted by molar-refractivity contribution is 0.523. The largest absolute Gasteiger partial charge is 0.370 e. The second-order valence-electron chi connectivity index (χ2n) is 4.87. The number of nitrogens with one attached hydrogen (secondary N) is 1. The van der Waals surface area contributed by atoms with Gasteiger partial charge in [-0.15, -0.1) is 0 Å². The summed E-state index contributed by atoms with van der Waals surface area (Å²) in [6.07, 6.45) is 6.53. The third-order valence-corrected chi connectivity index (χ3v) is 2.94. The lowest BCUT2D eigenvalue weighted by Crippen LogP contribution is -2.03. The molecule has 0 saturated carbocycles. The van der Waals surface area contributed by atoms with Gasteiger partial charge in [0, 0.05) is 6.54 Å². The number of hydrogen-bond acceptors (Lipinski definition) is 2. The SMILES string of the molecule is CC(C)CCCCCCNc1cccc(Cl)n1. The van der Waals surface area contributed by atoms with Gasteiger partial charge in [-0.25, -0.2) is 4.98 Å². The van der Waals surface area contributed by atoms with E-state index in [0.29, 0.717) is 5.15 Å². The summed E-state index contributed by atoms with van der Waals surface area (Å²) in [5.74, 6) is 1.71. The van der Waals surface area contributed by atoms with E-state index >= 15 is 0 Å². The summed E-state index contributed by atoms with van der Waals surface area (Å²) in [6, 6.07) is 5.66. The van der Waals surface area contributed by atoms with E-state index in [0.717, 1.165) is 18.3 Å². The molecule has 0 aromatic carbocycles. The Balaban J connectivity index is 2.01. The summed E-state index contributed by atoms with van der Waals surface area (Å²) in [6.45, 7) is 5.55. The average Bonchev–Trinajstić information content (AvgIpc) is 2.27. The highest BCUT2D eigenvalue weighted by Gasteiger charge is 1.96. The quantitative estimate of drug-likeness (QED) is 0.535. The van der Waals surface area contributed by atoms with Crippen LogP contribution >= 0.6 is 11.6 Å². The first-order chi connectivity index (χ1) is 8.18. The Bertz CT molecular complexity index is 313. The van der Waals surface area contributed by atoms with Crippen LogP contribution in [0.25, 0.3) is 0 Å². The number of rotatable bonds is 8. The van der Waals surface area contributed by atoms with Crippen LogP contribution in [0.15, 0.2) is 18.2 Å². The number of anilines is 1. The monoisotopic (exact) mass is 254 g/mol. The second-order valence-corrected chi connectivity index (χ2v) is 5.26. The van der Waals surface area contributed by atoms with Gasteiger partial charge in [0.1, 0.15) is 11.0 Å². The highest BCUT2D eigenvalue weighted by Crippen LogP contribution is 2.11. The van der Waals surface area contributed by atoms with Gasteiger partial charge in [-0.3, -0.25) is 0 Å². The molecule has 1 heterocycles. The fourth-order valence-corrected chi connectivity index (χ4v) is 1.92. The molecule has 3 heteroatoms. The maximum Gasteiger partial charge on any atom is 0.131 e. The van der Waals surface area contributed by atoms with E-state index in [-0.39, 0.29) is 0 Å². The molecule has 1 rings (SSSR count). The van der Waals surface area contributed by atoms with Crippen LogP contribution in [0.2, 0.25) is 5.15 Å². The van der Waals surface area contributed by atoms with Crippen molar-refractivity contribution in [2.45, 2.75) is 46.0 Å². The molecule has 0 bridgehead atoms. The average molecular weight is 255 g/mol. The first-order valence-electron chi connectivity index (χ1n) is 6.55. The molecule has 0 amide bonds. The Labute approximate surface area is 110 Å². The van der Waals surface area contributed by atoms with Crippen LogP contribution < -0.4 is 5.32 Å². The van der Waals surface area contributed by atoms with Crippen LogP contribution in [-0.2, 0) is 0 Å². The standard InChI is InChI=1S/C14H23ClN2/c1-12(2)8-5-3-4-6-11-16-14-10-7-9-13(15)17-14/h7,9-10,12H,3-6,8,11H2,1-2H3,(H,16,17). The number of hydrogen-bond donors (Lipinski definition) is 1. The van der Waals surface area contributed by atoms with E-state index in [2.05, 4.69) is 24.1 Å². The van der Waals surface area contributed by atoms with Crippen molar-refractivity contribution in [2.75, 3.05) is 11.9 Å². The maximum absolute atomic E-state index is 5.80. The summed E-state index contributed by atoms with van der Waals surface area (Å²) in [5, 5.41) is 3.84. The van der Waals surface area contributed by atoms with Gasteiger partial charge in [-0.05, 0) is 24.5 Å². The molecule has 1 N–H and O–H groups in total. The molecule has 0 unspecified atom stereocenters. The maximum atomic E-state index is 5.80. The molecule has 0 aliphatic heterocycles. The molecular formula is C14H23ClN2. The van der Waals surface area contributed by atoms with Crippen molar-refractivity contribution in [2.24, 2.45) is 5.92 Å². The Morgan fingerprint density at radius 2 is 1.94 bits per heavy atom. The van der Waals surface area contributed by atoms with Gasteiger partial charge in [-0.2, -0.15) is 0 Å². The highest BCUT2D eigenvalue weighted by atomic mass is 35.5. The van der Waals surface area contributed by atoms with Gasteiger partial charge in [0.15, 0.2) is 0 Å². The Hall–Kier alpha value is -0.760. The van der Waals surface area contributed by atoms with Gasteiger partial charge in [0.2, 0.25) is 0 Å². The fraction of sp³-hybridized carbons (Fsp3) is 0.643. The van der Waals surface area contributed by atoms with Gasteiger partial charge in [0.05, 0.1) is 0 Å². The summed E-state index contributed by atoms with van der Waals surface area (Å²) in [4.78, 5) is 4.18. The first-order valence-corrected chi connectivity index (χ1v) is 6.92. The molecule has 2 nitrogen and oxygen atoms in total. The molecule has 0 fully saturated rings. The minimum atomic E-state index is 0.548. The molecule has 0 radical (unpaired) electrons. The lowest BCUT2D eigenvalue weighted by atomic mass is 10.0. The van der Waals surface area contributed by atoms with E-state index in [1.165, 1.54) is 32.1 Å². The zero-order valence-electron chi connectivity index (χ0n) is 10.9. The van der Waals surface area contributed by atoms with E-state index in [4.69, 9.17) is 11.6 Å². The summed E-state index contributed by atoms with van der Waals surface area (Å²) < 4.78 is 0. The number of pyridine rings is 1. The second kappa shape index (κ2) is 8.35. The highest BCUT2D eigenvalue weighted by molar-refractivity contribution is 6.29. The molecule has 0 aliphatic rings. The van der Waals surface area contributed by atoms with E-state index < -0.39 is 0 Å². The summed E-state index contributed by atoms with van der Waals surface area (Å²) in [7, 11) is 0. The Kier molecular flexibility index (Phi) is 7.02. The predicted octanol–water partition coefficient (Wildman–Crippen LogP) is 4.75. The van der Waals surface area contributed by atoms with E-state index in [9.17, 15) is 0 Å². The zero-order chi connectivity index (χ0) is 12.5. The van der Waals surface area contributed by atoms with Crippen LogP contribution in [0.1, 0.15) is 46.0 Å². The molecular weight excluding hydrogens is 232 g/mol. The number of nitrogens with zero attached hydrogens (tertiary/aromatic N) is 1. The van der Waals surface area contributed by atoms with Crippen LogP contribution in [-0.4, -0.2) is 11.5 Å². The van der Waals surface area contributed by atoms with Crippen molar-refractivity contribution in [1.82, 2.24) is 4.98 Å². The van der Waals surface area contributed by atoms with Crippen molar-refractivity contribution < 1.29 is 0 Å². The van der Waals surface area contributed by atoms with E-state index in [1.54, 1.807) is 6.07 Å². The number of halogens is 1. The minimum Gasteiger partial charge on any atom is -0.370 e. The number of unbranched alkanes of at least 4 members (excludes halogenated alkanes) is 3. The normalized spacial score (nSPS) is 10.8. The topological polar surface area (TPSA) is 24.9 Å². The van der Waals surface area contributed by atoms with Crippen molar-refractivity contribution in [3.8, 4) is 0 Å². The first kappa shape index (κ1) is 14.3. The molecule has 0 saturated heterocycles. The zero-order valence-corrected chi connectivity index (χ0v) is 11.6. The molecule has 0 atom stereocenters. The smallest absolute Gasteiger partial charge is 0.131 e. The summed E-state index contributed by atoms with van der Waals surface area (Å²) in [5.41, 5.74) is 0. The van der Waals surface area contributed by atoms with Gasteiger partial charge >= 0.3 is 0 Å². The predicted molar refractivity (Wildman–Crippen MR) is 75.7 cm³/mol. The Morgan fingerprint density at radius 3 is 2.65 bits per heavy atom. The van der Waals surface area contributed by atoms with Crippen molar-refractivity contribution in [1.29, 1.82) is 0 Å². The Morgan fingerprint density at radius 1 is 1.18 bits per heavy atom. The van der Waals surface area contributed by atoms with Crippen molar-refractivity contribution >= 4 is 17.4 Å². The van der Waals surface area contributed by atoms with Gasteiger partial charge in [-0.1, -0.05) is 57.2 Å². The third-order valence-electron chi connectivity index (χ3n) is 2.73. The van der Waals surface area contributed by atoms with Crippen molar-refractivity contribution in [3.63, 3.8) is 0 Å².